The second-order valence-corrected chi connectivity index (χ2v) is 5.87. The first-order valence-electron chi connectivity index (χ1n) is 5.14. The summed E-state index contributed by atoms with van der Waals surface area (Å²) in [6.45, 7) is 0. The fraction of sp³-hybridized carbons (Fsp3) is 0.364. The van der Waals surface area contributed by atoms with Gasteiger partial charge < -0.3 is 9.84 Å². The topological polar surface area (TPSA) is 46.5 Å². The molecule has 1 aromatic carbocycles. The Morgan fingerprint density at radius 1 is 1.37 bits per heavy atom. The zero-order valence-corrected chi connectivity index (χ0v) is 12.3. The largest absolute Gasteiger partial charge is 0.481 e. The fourth-order valence-corrected chi connectivity index (χ4v) is 3.37. The molecule has 3 nitrogen and oxygen atoms in total. The highest BCUT2D eigenvalue weighted by molar-refractivity contribution is 9.11. The molecule has 0 aliphatic carbocycles. The number of alkyl halides is 3. The van der Waals surface area contributed by atoms with Crippen molar-refractivity contribution in [2.24, 2.45) is 5.92 Å². The normalized spacial score (nSPS) is 22.6. The van der Waals surface area contributed by atoms with Crippen LogP contribution in [0, 0.1) is 5.92 Å². The fourth-order valence-electron chi connectivity index (χ4n) is 1.96. The molecule has 0 spiro atoms. The summed E-state index contributed by atoms with van der Waals surface area (Å²) in [6, 6.07) is 3.11. The van der Waals surface area contributed by atoms with Gasteiger partial charge in [0, 0.05) is 4.47 Å². The van der Waals surface area contributed by atoms with Crippen molar-refractivity contribution in [3.8, 4) is 5.75 Å². The lowest BCUT2D eigenvalue weighted by Crippen LogP contribution is -2.47. The van der Waals surface area contributed by atoms with E-state index >= 15 is 0 Å². The van der Waals surface area contributed by atoms with Crippen molar-refractivity contribution in [2.45, 2.75) is 18.7 Å². The van der Waals surface area contributed by atoms with E-state index in [9.17, 15) is 18.0 Å². The number of rotatable bonds is 1. The van der Waals surface area contributed by atoms with Gasteiger partial charge in [-0.1, -0.05) is 15.9 Å². The molecule has 1 aromatic rings. The van der Waals surface area contributed by atoms with Crippen molar-refractivity contribution in [2.75, 3.05) is 0 Å². The summed E-state index contributed by atoms with van der Waals surface area (Å²) in [4.78, 5) is 11.0. The van der Waals surface area contributed by atoms with E-state index in [1.54, 1.807) is 12.1 Å². The van der Waals surface area contributed by atoms with Crippen molar-refractivity contribution in [3.63, 3.8) is 0 Å². The molecule has 0 saturated carbocycles. The van der Waals surface area contributed by atoms with Crippen LogP contribution in [0.4, 0.5) is 13.2 Å². The molecular formula is C11H7Br2F3O3. The van der Waals surface area contributed by atoms with Gasteiger partial charge in [-0.05, 0) is 40.0 Å². The van der Waals surface area contributed by atoms with E-state index in [1.165, 1.54) is 0 Å². The van der Waals surface area contributed by atoms with Crippen LogP contribution in [-0.2, 0) is 11.2 Å². The van der Waals surface area contributed by atoms with Crippen LogP contribution in [0.25, 0.3) is 0 Å². The third kappa shape index (κ3) is 2.89. The van der Waals surface area contributed by atoms with Crippen LogP contribution in [0.1, 0.15) is 5.56 Å². The number of aliphatic carboxylic acids is 1. The number of benzene rings is 1. The second-order valence-electron chi connectivity index (χ2n) is 4.10. The number of fused-ring (bicyclic) bond motifs is 1. The Labute approximate surface area is 123 Å². The Bertz CT molecular complexity index is 531. The third-order valence-corrected chi connectivity index (χ3v) is 3.82. The van der Waals surface area contributed by atoms with Crippen LogP contribution in [0.5, 0.6) is 5.75 Å². The first-order valence-corrected chi connectivity index (χ1v) is 6.73. The van der Waals surface area contributed by atoms with Gasteiger partial charge in [-0.25, -0.2) is 0 Å². The highest BCUT2D eigenvalue weighted by atomic mass is 79.9. The molecule has 0 saturated heterocycles. The zero-order chi connectivity index (χ0) is 14.4. The average molecular weight is 404 g/mol. The van der Waals surface area contributed by atoms with E-state index in [0.29, 0.717) is 14.5 Å². The van der Waals surface area contributed by atoms with Crippen LogP contribution in [0.15, 0.2) is 21.1 Å². The van der Waals surface area contributed by atoms with Crippen LogP contribution >= 0.6 is 31.9 Å². The maximum atomic E-state index is 12.8. The van der Waals surface area contributed by atoms with Gasteiger partial charge in [-0.2, -0.15) is 13.2 Å². The van der Waals surface area contributed by atoms with Crippen molar-refractivity contribution in [1.82, 2.24) is 0 Å². The van der Waals surface area contributed by atoms with Crippen molar-refractivity contribution >= 4 is 37.8 Å². The summed E-state index contributed by atoms with van der Waals surface area (Å²) >= 11 is 6.31. The quantitative estimate of drug-likeness (QED) is 0.776. The van der Waals surface area contributed by atoms with Crippen LogP contribution in [0.3, 0.4) is 0 Å². The Morgan fingerprint density at radius 2 is 2.00 bits per heavy atom. The number of ether oxygens (including phenoxy) is 1. The highest BCUT2D eigenvalue weighted by Crippen LogP contribution is 2.43. The molecule has 1 aliphatic rings. The standard InChI is InChI=1S/C11H7Br2F3O3/c12-5-1-4-2-6(10(17)18)9(11(14,15)16)19-8(4)7(13)3-5/h1,3,6,9H,2H2,(H,17,18)/t6-,9-/m1/s1. The Morgan fingerprint density at radius 3 is 2.53 bits per heavy atom. The Balaban J connectivity index is 2.48. The highest BCUT2D eigenvalue weighted by Gasteiger charge is 2.52. The number of carboxylic acids is 1. The van der Waals surface area contributed by atoms with E-state index in [0.717, 1.165) is 0 Å². The molecule has 2 atom stereocenters. The lowest BCUT2D eigenvalue weighted by atomic mass is 9.90. The Hall–Kier alpha value is -0.760. The molecule has 19 heavy (non-hydrogen) atoms. The number of halogens is 5. The van der Waals surface area contributed by atoms with Crippen molar-refractivity contribution in [3.05, 3.63) is 26.6 Å². The van der Waals surface area contributed by atoms with Gasteiger partial charge >= 0.3 is 12.1 Å². The van der Waals surface area contributed by atoms with E-state index in [1.807, 2.05) is 0 Å². The molecule has 0 fully saturated rings. The number of hydrogen-bond donors (Lipinski definition) is 1. The second kappa shape index (κ2) is 4.97. The minimum absolute atomic E-state index is 0.0445. The third-order valence-electron chi connectivity index (χ3n) is 2.78. The molecule has 1 heterocycles. The molecule has 0 radical (unpaired) electrons. The molecule has 0 unspecified atom stereocenters. The van der Waals surface area contributed by atoms with Crippen molar-refractivity contribution < 1.29 is 27.8 Å². The number of hydrogen-bond acceptors (Lipinski definition) is 2. The first kappa shape index (κ1) is 14.6. The summed E-state index contributed by atoms with van der Waals surface area (Å²) in [5.74, 6) is -3.12. The molecule has 1 N–H and O–H groups in total. The molecule has 1 aliphatic heterocycles. The molecular weight excluding hydrogens is 397 g/mol. The maximum absolute atomic E-state index is 12.8. The zero-order valence-electron chi connectivity index (χ0n) is 9.17. The van der Waals surface area contributed by atoms with E-state index in [2.05, 4.69) is 31.9 Å². The predicted molar refractivity (Wildman–Crippen MR) is 67.1 cm³/mol. The summed E-state index contributed by atoms with van der Waals surface area (Å²) in [5.41, 5.74) is 0.425. The summed E-state index contributed by atoms with van der Waals surface area (Å²) < 4.78 is 44.4. The first-order chi connectivity index (χ1) is 8.70. The van der Waals surface area contributed by atoms with Gasteiger partial charge in [0.2, 0.25) is 6.10 Å². The van der Waals surface area contributed by atoms with Crippen LogP contribution in [0.2, 0.25) is 0 Å². The number of carbonyl (C=O) groups is 1. The average Bonchev–Trinajstić information content (AvgIpc) is 2.25. The van der Waals surface area contributed by atoms with Gasteiger partial charge in [0.25, 0.3) is 0 Å². The molecule has 0 aromatic heterocycles. The van der Waals surface area contributed by atoms with Crippen molar-refractivity contribution in [1.29, 1.82) is 0 Å². The van der Waals surface area contributed by atoms with E-state index in [-0.39, 0.29) is 12.2 Å². The molecule has 2 rings (SSSR count). The van der Waals surface area contributed by atoms with Gasteiger partial charge in [-0.3, -0.25) is 4.79 Å². The van der Waals surface area contributed by atoms with Gasteiger partial charge in [0.05, 0.1) is 4.47 Å². The molecule has 8 heteroatoms. The van der Waals surface area contributed by atoms with Crippen LogP contribution in [-0.4, -0.2) is 23.4 Å². The van der Waals surface area contributed by atoms with Gasteiger partial charge in [0.1, 0.15) is 11.7 Å². The summed E-state index contributed by atoms with van der Waals surface area (Å²) in [6.07, 6.45) is -7.30. The Kier molecular flexibility index (Phi) is 3.83. The minimum atomic E-state index is -4.73. The summed E-state index contributed by atoms with van der Waals surface area (Å²) in [7, 11) is 0. The lowest BCUT2D eigenvalue weighted by Gasteiger charge is -2.33. The van der Waals surface area contributed by atoms with Crippen LogP contribution < -0.4 is 4.74 Å². The van der Waals surface area contributed by atoms with Gasteiger partial charge in [-0.15, -0.1) is 0 Å². The lowest BCUT2D eigenvalue weighted by molar-refractivity contribution is -0.217. The molecule has 0 bridgehead atoms. The molecule has 0 amide bonds. The SMILES string of the molecule is O=C(O)[C@@H]1Cc2cc(Br)cc(Br)c2O[C@H]1C(F)(F)F. The predicted octanol–water partition coefficient (Wildman–Crippen LogP) is 3.78. The number of carboxylic acid groups (broad SMARTS) is 1. The van der Waals surface area contributed by atoms with E-state index < -0.39 is 24.2 Å². The summed E-state index contributed by atoms with van der Waals surface area (Å²) in [5, 5.41) is 8.93. The molecule has 104 valence electrons. The monoisotopic (exact) mass is 402 g/mol. The maximum Gasteiger partial charge on any atom is 0.426 e. The smallest absolute Gasteiger partial charge is 0.426 e. The van der Waals surface area contributed by atoms with E-state index in [4.69, 9.17) is 9.84 Å². The minimum Gasteiger partial charge on any atom is -0.481 e. The van der Waals surface area contributed by atoms with Gasteiger partial charge in [0.15, 0.2) is 0 Å².